The molecule has 0 saturated carbocycles. The van der Waals surface area contributed by atoms with E-state index in [0.29, 0.717) is 28.1 Å². The Labute approximate surface area is 214 Å². The number of nitrogens with one attached hydrogen (secondary N) is 1. The van der Waals surface area contributed by atoms with Crippen LogP contribution in [0.3, 0.4) is 0 Å². The van der Waals surface area contributed by atoms with Gasteiger partial charge in [0.25, 0.3) is 10.0 Å². The fourth-order valence-electron chi connectivity index (χ4n) is 3.44. The number of nitrogens with zero attached hydrogens (tertiary/aromatic N) is 1. The molecule has 0 radical (unpaired) electrons. The van der Waals surface area contributed by atoms with Gasteiger partial charge < -0.3 is 19.5 Å². The van der Waals surface area contributed by atoms with E-state index in [-0.39, 0.29) is 16.3 Å². The molecular weight excluding hydrogens is 536 g/mol. The van der Waals surface area contributed by atoms with Crippen LogP contribution in [0.15, 0.2) is 70.0 Å². The van der Waals surface area contributed by atoms with Gasteiger partial charge in [-0.25, -0.2) is 8.42 Å². The highest BCUT2D eigenvalue weighted by Gasteiger charge is 2.31. The SMILES string of the molecule is CCc1ccc(OC)c(N(CC(=O)Nc2ccccc2Br)S(=O)(=O)c2ccc(OC)c(OC)c2)c1. The summed E-state index contributed by atoms with van der Waals surface area (Å²) in [6.45, 7) is 1.47. The molecule has 3 aromatic carbocycles. The van der Waals surface area contributed by atoms with Crippen molar-refractivity contribution in [2.24, 2.45) is 0 Å². The molecule has 0 aliphatic heterocycles. The molecule has 0 bridgehead atoms. The summed E-state index contributed by atoms with van der Waals surface area (Å²) in [5.74, 6) is 0.431. The van der Waals surface area contributed by atoms with E-state index in [4.69, 9.17) is 14.2 Å². The van der Waals surface area contributed by atoms with Crippen molar-refractivity contribution in [3.05, 3.63) is 70.7 Å². The van der Waals surface area contributed by atoms with Crippen molar-refractivity contribution in [1.82, 2.24) is 0 Å². The average molecular weight is 563 g/mol. The number of aryl methyl sites for hydroxylation is 1. The van der Waals surface area contributed by atoms with Crippen molar-refractivity contribution in [2.45, 2.75) is 18.2 Å². The lowest BCUT2D eigenvalue weighted by atomic mass is 10.1. The van der Waals surface area contributed by atoms with Gasteiger partial charge in [0.15, 0.2) is 11.5 Å². The zero-order chi connectivity index (χ0) is 25.6. The quantitative estimate of drug-likeness (QED) is 0.378. The number of sulfonamides is 1. The molecule has 186 valence electrons. The highest BCUT2D eigenvalue weighted by atomic mass is 79.9. The molecule has 0 saturated heterocycles. The van der Waals surface area contributed by atoms with Crippen molar-refractivity contribution in [3.8, 4) is 17.2 Å². The van der Waals surface area contributed by atoms with Crippen LogP contribution in [-0.2, 0) is 21.2 Å². The third kappa shape index (κ3) is 5.88. The first kappa shape index (κ1) is 26.4. The molecule has 0 aromatic heterocycles. The van der Waals surface area contributed by atoms with Gasteiger partial charge in [0.2, 0.25) is 5.91 Å². The summed E-state index contributed by atoms with van der Waals surface area (Å²) in [5, 5.41) is 2.76. The zero-order valence-corrected chi connectivity index (χ0v) is 22.3. The van der Waals surface area contributed by atoms with Crippen molar-refractivity contribution >= 4 is 43.2 Å². The number of rotatable bonds is 10. The second kappa shape index (κ2) is 11.5. The molecule has 0 fully saturated rings. The van der Waals surface area contributed by atoms with Crippen molar-refractivity contribution in [1.29, 1.82) is 0 Å². The van der Waals surface area contributed by atoms with Crippen molar-refractivity contribution < 1.29 is 27.4 Å². The van der Waals surface area contributed by atoms with E-state index >= 15 is 0 Å². The van der Waals surface area contributed by atoms with Gasteiger partial charge >= 0.3 is 0 Å². The van der Waals surface area contributed by atoms with Crippen LogP contribution in [0, 0.1) is 0 Å². The Bertz CT molecular complexity index is 1310. The van der Waals surface area contributed by atoms with Gasteiger partial charge in [-0.05, 0) is 64.3 Å². The van der Waals surface area contributed by atoms with Gasteiger partial charge in [-0.1, -0.05) is 25.1 Å². The van der Waals surface area contributed by atoms with E-state index in [1.165, 1.54) is 39.5 Å². The van der Waals surface area contributed by atoms with Crippen LogP contribution >= 0.6 is 15.9 Å². The molecule has 3 rings (SSSR count). The largest absolute Gasteiger partial charge is 0.495 e. The van der Waals surface area contributed by atoms with E-state index in [0.717, 1.165) is 9.87 Å². The number of benzene rings is 3. The number of carbonyl (C=O) groups is 1. The normalized spacial score (nSPS) is 11.0. The average Bonchev–Trinajstić information content (AvgIpc) is 2.87. The third-order valence-electron chi connectivity index (χ3n) is 5.30. The Kier molecular flexibility index (Phi) is 8.63. The highest BCUT2D eigenvalue weighted by molar-refractivity contribution is 9.10. The minimum absolute atomic E-state index is 0.0622. The summed E-state index contributed by atoms with van der Waals surface area (Å²) in [6.07, 6.45) is 0.671. The first-order valence-electron chi connectivity index (χ1n) is 10.7. The van der Waals surface area contributed by atoms with E-state index in [2.05, 4.69) is 21.2 Å². The maximum absolute atomic E-state index is 13.9. The number of amides is 1. The first-order chi connectivity index (χ1) is 16.7. The molecule has 0 aliphatic rings. The van der Waals surface area contributed by atoms with Crippen LogP contribution in [-0.4, -0.2) is 42.2 Å². The summed E-state index contributed by atoms with van der Waals surface area (Å²) in [5.41, 5.74) is 1.67. The predicted molar refractivity (Wildman–Crippen MR) is 139 cm³/mol. The number of methoxy groups -OCH3 is 3. The summed E-state index contributed by atoms with van der Waals surface area (Å²) in [4.78, 5) is 13.0. The standard InChI is InChI=1S/C25H27BrN2O6S/c1-5-17-10-12-22(32-2)21(14-17)28(16-25(29)27-20-9-7-6-8-19(20)26)35(30,31)18-11-13-23(33-3)24(15-18)34-4/h6-15H,5,16H2,1-4H3,(H,27,29). The second-order valence-corrected chi connectivity index (χ2v) is 10.1. The predicted octanol–water partition coefficient (Wildman–Crippen LogP) is 4.87. The second-order valence-electron chi connectivity index (χ2n) is 7.42. The minimum Gasteiger partial charge on any atom is -0.495 e. The van der Waals surface area contributed by atoms with E-state index in [1.54, 1.807) is 30.3 Å². The van der Waals surface area contributed by atoms with Gasteiger partial charge in [0.05, 0.1) is 37.6 Å². The van der Waals surface area contributed by atoms with Crippen LogP contribution in [0.2, 0.25) is 0 Å². The smallest absolute Gasteiger partial charge is 0.265 e. The molecule has 0 spiro atoms. The molecule has 0 aliphatic carbocycles. The fourth-order valence-corrected chi connectivity index (χ4v) is 5.26. The van der Waals surface area contributed by atoms with Crippen LogP contribution < -0.4 is 23.8 Å². The van der Waals surface area contributed by atoms with Crippen molar-refractivity contribution in [3.63, 3.8) is 0 Å². The Balaban J connectivity index is 2.11. The lowest BCUT2D eigenvalue weighted by Crippen LogP contribution is -2.38. The Morgan fingerprint density at radius 3 is 2.20 bits per heavy atom. The Hall–Kier alpha value is -3.24. The molecule has 3 aromatic rings. The van der Waals surface area contributed by atoms with E-state index in [1.807, 2.05) is 19.1 Å². The Morgan fingerprint density at radius 1 is 0.914 bits per heavy atom. The molecule has 1 N–H and O–H groups in total. The molecule has 8 nitrogen and oxygen atoms in total. The van der Waals surface area contributed by atoms with Gasteiger partial charge in [0.1, 0.15) is 12.3 Å². The number of anilines is 2. The lowest BCUT2D eigenvalue weighted by Gasteiger charge is -2.26. The van der Waals surface area contributed by atoms with Gasteiger partial charge in [0, 0.05) is 10.5 Å². The topological polar surface area (TPSA) is 94.2 Å². The van der Waals surface area contributed by atoms with Gasteiger partial charge in [-0.3, -0.25) is 9.10 Å². The zero-order valence-electron chi connectivity index (χ0n) is 19.9. The first-order valence-corrected chi connectivity index (χ1v) is 12.9. The molecular formula is C25H27BrN2O6S. The minimum atomic E-state index is -4.22. The number of hydrogen-bond donors (Lipinski definition) is 1. The van der Waals surface area contributed by atoms with Gasteiger partial charge in [-0.15, -0.1) is 0 Å². The monoisotopic (exact) mass is 562 g/mol. The maximum atomic E-state index is 13.9. The van der Waals surface area contributed by atoms with Crippen LogP contribution in [0.1, 0.15) is 12.5 Å². The van der Waals surface area contributed by atoms with Crippen LogP contribution in [0.5, 0.6) is 17.2 Å². The number of hydrogen-bond acceptors (Lipinski definition) is 6. The summed E-state index contributed by atoms with van der Waals surface area (Å²) in [7, 11) is 0.115. The van der Waals surface area contributed by atoms with E-state index in [9.17, 15) is 13.2 Å². The summed E-state index contributed by atoms with van der Waals surface area (Å²) < 4.78 is 45.5. The number of para-hydroxylation sites is 1. The van der Waals surface area contributed by atoms with Crippen LogP contribution in [0.25, 0.3) is 0 Å². The van der Waals surface area contributed by atoms with E-state index < -0.39 is 22.5 Å². The Morgan fingerprint density at radius 2 is 1.57 bits per heavy atom. The lowest BCUT2D eigenvalue weighted by molar-refractivity contribution is -0.114. The fraction of sp³-hybridized carbons (Fsp3) is 0.240. The summed E-state index contributed by atoms with van der Waals surface area (Å²) >= 11 is 3.39. The van der Waals surface area contributed by atoms with Gasteiger partial charge in [-0.2, -0.15) is 0 Å². The third-order valence-corrected chi connectivity index (χ3v) is 7.75. The molecule has 0 heterocycles. The molecule has 35 heavy (non-hydrogen) atoms. The molecule has 10 heteroatoms. The summed E-state index contributed by atoms with van der Waals surface area (Å²) in [6, 6.07) is 16.6. The highest BCUT2D eigenvalue weighted by Crippen LogP contribution is 2.36. The number of ether oxygens (including phenoxy) is 3. The van der Waals surface area contributed by atoms with Crippen molar-refractivity contribution in [2.75, 3.05) is 37.5 Å². The molecule has 0 unspecified atom stereocenters. The number of halogens is 1. The maximum Gasteiger partial charge on any atom is 0.265 e. The molecule has 1 amide bonds. The number of carbonyl (C=O) groups excluding carboxylic acids is 1. The van der Waals surface area contributed by atoms with Crippen LogP contribution in [0.4, 0.5) is 11.4 Å². The molecule has 0 atom stereocenters.